The second-order valence-corrected chi connectivity index (χ2v) is 7.58. The molecule has 1 aliphatic heterocycles. The molecule has 0 radical (unpaired) electrons. The van der Waals surface area contributed by atoms with E-state index in [1.165, 1.54) is 11.1 Å². The van der Waals surface area contributed by atoms with E-state index in [-0.39, 0.29) is 6.03 Å². The molecule has 0 bridgehead atoms. The minimum Gasteiger partial charge on any atom is -0.349 e. The number of carbonyl (C=O) groups excluding carboxylic acids is 1. The molecule has 1 aromatic heterocycles. The van der Waals surface area contributed by atoms with Crippen molar-refractivity contribution < 1.29 is 4.79 Å². The summed E-state index contributed by atoms with van der Waals surface area (Å²) >= 11 is 0. The fourth-order valence-electron chi connectivity index (χ4n) is 3.64. The number of nitrogens with one attached hydrogen (secondary N) is 1. The number of anilines is 3. The van der Waals surface area contributed by atoms with Crippen molar-refractivity contribution >= 4 is 23.2 Å². The van der Waals surface area contributed by atoms with Gasteiger partial charge in [-0.1, -0.05) is 42.0 Å². The van der Waals surface area contributed by atoms with Crippen LogP contribution in [0, 0.1) is 20.8 Å². The fourth-order valence-corrected chi connectivity index (χ4v) is 3.64. The molecule has 0 saturated heterocycles. The number of aryl methyl sites for hydroxylation is 2. The molecule has 2 heterocycles. The molecule has 2 aromatic carbocycles. The van der Waals surface area contributed by atoms with Crippen molar-refractivity contribution in [2.24, 2.45) is 0 Å². The maximum Gasteiger partial charge on any atom is 0.326 e. The number of nitrogens with zero attached hydrogens (tertiary/aromatic N) is 3. The Labute approximate surface area is 172 Å². The summed E-state index contributed by atoms with van der Waals surface area (Å²) in [6.07, 6.45) is 1.78. The largest absolute Gasteiger partial charge is 0.349 e. The van der Waals surface area contributed by atoms with Gasteiger partial charge < -0.3 is 10.2 Å². The molecular weight excluding hydrogens is 360 g/mol. The lowest BCUT2D eigenvalue weighted by molar-refractivity contribution is 0.256. The summed E-state index contributed by atoms with van der Waals surface area (Å²) < 4.78 is 0. The molecule has 1 N–H and O–H groups in total. The lowest BCUT2D eigenvalue weighted by Gasteiger charge is -2.36. The summed E-state index contributed by atoms with van der Waals surface area (Å²) in [7, 11) is 0. The summed E-state index contributed by atoms with van der Waals surface area (Å²) in [6.45, 7) is 8.29. The molecule has 5 heteroatoms. The van der Waals surface area contributed by atoms with Crippen LogP contribution in [0.3, 0.4) is 0 Å². The van der Waals surface area contributed by atoms with E-state index in [4.69, 9.17) is 0 Å². The molecule has 0 unspecified atom stereocenters. The Balaban J connectivity index is 1.57. The Morgan fingerprint density at radius 3 is 2.59 bits per heavy atom. The molecule has 0 saturated carbocycles. The highest BCUT2D eigenvalue weighted by atomic mass is 16.2. The van der Waals surface area contributed by atoms with Crippen LogP contribution in [-0.4, -0.2) is 24.1 Å². The van der Waals surface area contributed by atoms with Crippen LogP contribution in [0.5, 0.6) is 0 Å². The van der Waals surface area contributed by atoms with Gasteiger partial charge in [0.15, 0.2) is 5.82 Å². The second kappa shape index (κ2) is 7.95. The summed E-state index contributed by atoms with van der Waals surface area (Å²) in [4.78, 5) is 21.7. The predicted molar refractivity (Wildman–Crippen MR) is 119 cm³/mol. The number of rotatable bonds is 3. The van der Waals surface area contributed by atoms with Crippen LogP contribution in [0.1, 0.15) is 22.3 Å². The van der Waals surface area contributed by atoms with E-state index in [9.17, 15) is 4.79 Å². The average Bonchev–Trinajstić information content (AvgIpc) is 2.73. The molecule has 3 aromatic rings. The first-order valence-corrected chi connectivity index (χ1v) is 9.93. The number of benzene rings is 2. The number of aromatic nitrogens is 1. The van der Waals surface area contributed by atoms with E-state index >= 15 is 0 Å². The van der Waals surface area contributed by atoms with Gasteiger partial charge in [0.2, 0.25) is 0 Å². The van der Waals surface area contributed by atoms with Crippen molar-refractivity contribution in [3.05, 3.63) is 83.0 Å². The smallest absolute Gasteiger partial charge is 0.326 e. The molecule has 1 aliphatic rings. The second-order valence-electron chi connectivity index (χ2n) is 7.58. The van der Waals surface area contributed by atoms with Crippen LogP contribution in [0.2, 0.25) is 0 Å². The average molecular weight is 386 g/mol. The minimum atomic E-state index is -0.122. The van der Waals surface area contributed by atoms with Crippen LogP contribution >= 0.6 is 0 Å². The molecule has 5 nitrogen and oxygen atoms in total. The van der Waals surface area contributed by atoms with E-state index in [0.29, 0.717) is 6.54 Å². The van der Waals surface area contributed by atoms with Crippen LogP contribution in [0.15, 0.2) is 60.8 Å². The van der Waals surface area contributed by atoms with E-state index in [2.05, 4.69) is 46.4 Å². The third-order valence-electron chi connectivity index (χ3n) is 5.54. The monoisotopic (exact) mass is 386 g/mol. The van der Waals surface area contributed by atoms with Gasteiger partial charge in [-0.25, -0.2) is 9.78 Å². The summed E-state index contributed by atoms with van der Waals surface area (Å²) in [5, 5.41) is 3.07. The molecule has 0 atom stereocenters. The zero-order chi connectivity index (χ0) is 20.4. The fraction of sp³-hybridized carbons (Fsp3) is 0.250. The first kappa shape index (κ1) is 19.0. The summed E-state index contributed by atoms with van der Waals surface area (Å²) in [5.74, 6) is 0.843. The Morgan fingerprint density at radius 1 is 1.00 bits per heavy atom. The lowest BCUT2D eigenvalue weighted by Crippen LogP contribution is -2.46. The highest BCUT2D eigenvalue weighted by Crippen LogP contribution is 2.32. The molecule has 29 heavy (non-hydrogen) atoms. The van der Waals surface area contributed by atoms with Gasteiger partial charge in [-0.3, -0.25) is 4.90 Å². The van der Waals surface area contributed by atoms with Crippen molar-refractivity contribution in [2.45, 2.75) is 27.3 Å². The van der Waals surface area contributed by atoms with E-state index < -0.39 is 0 Å². The third-order valence-corrected chi connectivity index (χ3v) is 5.54. The Hall–Kier alpha value is -3.34. The van der Waals surface area contributed by atoms with E-state index in [0.717, 1.165) is 41.4 Å². The summed E-state index contributed by atoms with van der Waals surface area (Å²) in [6, 6.07) is 18.2. The zero-order valence-electron chi connectivity index (χ0n) is 17.1. The Kier molecular flexibility index (Phi) is 5.21. The Morgan fingerprint density at radius 2 is 1.79 bits per heavy atom. The van der Waals surface area contributed by atoms with Crippen molar-refractivity contribution in [2.75, 3.05) is 28.2 Å². The van der Waals surface area contributed by atoms with Gasteiger partial charge in [0, 0.05) is 31.5 Å². The molecular formula is C24H26N4O. The topological polar surface area (TPSA) is 48.5 Å². The van der Waals surface area contributed by atoms with Crippen LogP contribution in [-0.2, 0) is 6.54 Å². The number of carbonyl (C=O) groups is 1. The first-order chi connectivity index (χ1) is 14.0. The normalized spacial score (nSPS) is 13.2. The number of fused-ring (bicyclic) bond motifs is 1. The van der Waals surface area contributed by atoms with Crippen LogP contribution in [0.4, 0.5) is 22.0 Å². The SMILES string of the molecule is Cc1ccc(CN2CCN(C(=O)Nc3cccc(C)c3C)c3cccnc32)cc1. The number of pyridine rings is 1. The Bertz CT molecular complexity index is 1030. The number of hydrogen-bond donors (Lipinski definition) is 1. The van der Waals surface area contributed by atoms with Gasteiger partial charge in [0.25, 0.3) is 0 Å². The summed E-state index contributed by atoms with van der Waals surface area (Å²) in [5.41, 5.74) is 6.43. The van der Waals surface area contributed by atoms with Crippen LogP contribution < -0.4 is 15.1 Å². The number of urea groups is 1. The highest BCUT2D eigenvalue weighted by Gasteiger charge is 2.28. The molecule has 0 aliphatic carbocycles. The van der Waals surface area contributed by atoms with Crippen molar-refractivity contribution in [1.29, 1.82) is 0 Å². The third kappa shape index (κ3) is 3.94. The molecule has 0 fully saturated rings. The lowest BCUT2D eigenvalue weighted by atomic mass is 10.1. The van der Waals surface area contributed by atoms with Crippen LogP contribution in [0.25, 0.3) is 0 Å². The molecule has 148 valence electrons. The van der Waals surface area contributed by atoms with Crippen molar-refractivity contribution in [3.8, 4) is 0 Å². The van der Waals surface area contributed by atoms with Gasteiger partial charge in [-0.2, -0.15) is 0 Å². The predicted octanol–water partition coefficient (Wildman–Crippen LogP) is 5.07. The van der Waals surface area contributed by atoms with Gasteiger partial charge in [0.05, 0.1) is 5.69 Å². The van der Waals surface area contributed by atoms with Gasteiger partial charge in [-0.15, -0.1) is 0 Å². The number of hydrogen-bond acceptors (Lipinski definition) is 3. The molecule has 4 rings (SSSR count). The van der Waals surface area contributed by atoms with Crippen molar-refractivity contribution in [3.63, 3.8) is 0 Å². The number of amides is 2. The van der Waals surface area contributed by atoms with Crippen molar-refractivity contribution in [1.82, 2.24) is 4.98 Å². The van der Waals surface area contributed by atoms with Gasteiger partial charge >= 0.3 is 6.03 Å². The first-order valence-electron chi connectivity index (χ1n) is 9.93. The maximum absolute atomic E-state index is 13.1. The molecule has 2 amide bonds. The molecule has 0 spiro atoms. The van der Waals surface area contributed by atoms with E-state index in [1.807, 2.05) is 44.2 Å². The highest BCUT2D eigenvalue weighted by molar-refractivity contribution is 6.04. The standard InChI is InChI=1S/C24H26N4O/c1-17-9-11-20(12-10-17)16-27-14-15-28(22-8-5-13-25-23(22)27)24(29)26-21-7-4-6-18(2)19(21)3/h4-13H,14-16H2,1-3H3,(H,26,29). The van der Waals surface area contributed by atoms with Gasteiger partial charge in [-0.05, 0) is 55.7 Å². The van der Waals surface area contributed by atoms with E-state index in [1.54, 1.807) is 11.1 Å². The maximum atomic E-state index is 13.1. The minimum absolute atomic E-state index is 0.122. The van der Waals surface area contributed by atoms with Gasteiger partial charge in [0.1, 0.15) is 0 Å². The zero-order valence-corrected chi connectivity index (χ0v) is 17.1. The quantitative estimate of drug-likeness (QED) is 0.684.